The molecule has 3 heteroatoms. The van der Waals surface area contributed by atoms with E-state index in [1.165, 1.54) is 0 Å². The maximum atomic E-state index is 10.2. The second kappa shape index (κ2) is 3.87. The number of hydrogen-bond acceptors (Lipinski definition) is 2. The number of nitrogens with zero attached hydrogens (tertiary/aromatic N) is 1. The Morgan fingerprint density at radius 2 is 2.14 bits per heavy atom. The van der Waals surface area contributed by atoms with Crippen LogP contribution in [0.25, 0.3) is 10.8 Å². The van der Waals surface area contributed by atoms with Gasteiger partial charge in [-0.2, -0.15) is 0 Å². The van der Waals surface area contributed by atoms with Gasteiger partial charge >= 0.3 is 0 Å². The maximum absolute atomic E-state index is 10.2. The highest BCUT2D eigenvalue weighted by Gasteiger charge is 1.99. The lowest BCUT2D eigenvalue weighted by atomic mass is 10.1. The van der Waals surface area contributed by atoms with E-state index in [2.05, 4.69) is 10.3 Å². The molecule has 1 amide bonds. The van der Waals surface area contributed by atoms with Crippen LogP contribution in [-0.2, 0) is 11.3 Å². The number of hydrogen-bond donors (Lipinski definition) is 1. The zero-order chi connectivity index (χ0) is 9.80. The third-order valence-corrected chi connectivity index (χ3v) is 2.13. The lowest BCUT2D eigenvalue weighted by Crippen LogP contribution is -2.10. The summed E-state index contributed by atoms with van der Waals surface area (Å²) >= 11 is 0. The molecule has 0 aliphatic carbocycles. The van der Waals surface area contributed by atoms with Gasteiger partial charge in [0.15, 0.2) is 0 Å². The van der Waals surface area contributed by atoms with Crippen LogP contribution in [-0.4, -0.2) is 11.4 Å². The molecular formula is C11H10N2O. The first-order valence-corrected chi connectivity index (χ1v) is 4.40. The minimum Gasteiger partial charge on any atom is -0.355 e. The molecule has 0 saturated carbocycles. The van der Waals surface area contributed by atoms with Crippen LogP contribution in [0.1, 0.15) is 5.56 Å². The first-order chi connectivity index (χ1) is 6.92. The van der Waals surface area contributed by atoms with Crippen molar-refractivity contribution < 1.29 is 4.79 Å². The van der Waals surface area contributed by atoms with Gasteiger partial charge in [0.05, 0.1) is 0 Å². The van der Waals surface area contributed by atoms with Gasteiger partial charge in [-0.15, -0.1) is 0 Å². The Kier molecular flexibility index (Phi) is 2.40. The van der Waals surface area contributed by atoms with E-state index >= 15 is 0 Å². The van der Waals surface area contributed by atoms with Crippen molar-refractivity contribution in [2.75, 3.05) is 0 Å². The van der Waals surface area contributed by atoms with Crippen LogP contribution in [0, 0.1) is 0 Å². The first-order valence-electron chi connectivity index (χ1n) is 4.40. The molecule has 70 valence electrons. The number of carbonyl (C=O) groups is 1. The molecule has 0 unspecified atom stereocenters. The molecule has 2 aromatic rings. The predicted molar refractivity (Wildman–Crippen MR) is 54.6 cm³/mol. The SMILES string of the molecule is O=CNCc1cncc2ccccc12. The summed E-state index contributed by atoms with van der Waals surface area (Å²) in [5.74, 6) is 0. The minimum atomic E-state index is 0.526. The van der Waals surface area contributed by atoms with E-state index in [4.69, 9.17) is 0 Å². The quantitative estimate of drug-likeness (QED) is 0.738. The molecule has 1 aromatic carbocycles. The number of aromatic nitrogens is 1. The highest BCUT2D eigenvalue weighted by molar-refractivity contribution is 5.84. The van der Waals surface area contributed by atoms with Gasteiger partial charge in [-0.3, -0.25) is 9.78 Å². The molecule has 0 radical (unpaired) electrons. The second-order valence-electron chi connectivity index (χ2n) is 3.02. The van der Waals surface area contributed by atoms with Crippen molar-refractivity contribution in [3.05, 3.63) is 42.2 Å². The summed E-state index contributed by atoms with van der Waals surface area (Å²) in [6.45, 7) is 0.526. The number of carbonyl (C=O) groups excluding carboxylic acids is 1. The van der Waals surface area contributed by atoms with Crippen LogP contribution in [0.3, 0.4) is 0 Å². The Labute approximate surface area is 81.8 Å². The van der Waals surface area contributed by atoms with E-state index in [0.29, 0.717) is 13.0 Å². The summed E-state index contributed by atoms with van der Waals surface area (Å²) in [6, 6.07) is 7.99. The van der Waals surface area contributed by atoms with Crippen LogP contribution >= 0.6 is 0 Å². The van der Waals surface area contributed by atoms with Crippen molar-refractivity contribution in [1.82, 2.24) is 10.3 Å². The highest BCUT2D eigenvalue weighted by atomic mass is 16.1. The summed E-state index contributed by atoms with van der Waals surface area (Å²) in [6.07, 6.45) is 4.29. The van der Waals surface area contributed by atoms with Crippen molar-refractivity contribution >= 4 is 17.2 Å². The monoisotopic (exact) mass is 186 g/mol. The van der Waals surface area contributed by atoms with E-state index < -0.39 is 0 Å². The largest absolute Gasteiger partial charge is 0.355 e. The second-order valence-corrected chi connectivity index (χ2v) is 3.02. The van der Waals surface area contributed by atoms with Gasteiger partial charge in [0.25, 0.3) is 0 Å². The van der Waals surface area contributed by atoms with Gasteiger partial charge in [0.2, 0.25) is 6.41 Å². The fourth-order valence-corrected chi connectivity index (χ4v) is 1.47. The fraction of sp³-hybridized carbons (Fsp3) is 0.0909. The van der Waals surface area contributed by atoms with Crippen molar-refractivity contribution in [3.63, 3.8) is 0 Å². The molecule has 14 heavy (non-hydrogen) atoms. The molecule has 0 aliphatic heterocycles. The Balaban J connectivity index is 2.48. The van der Waals surface area contributed by atoms with E-state index in [9.17, 15) is 4.79 Å². The fourth-order valence-electron chi connectivity index (χ4n) is 1.47. The summed E-state index contributed by atoms with van der Waals surface area (Å²) in [7, 11) is 0. The number of pyridine rings is 1. The summed E-state index contributed by atoms with van der Waals surface area (Å²) < 4.78 is 0. The van der Waals surface area contributed by atoms with Crippen LogP contribution < -0.4 is 5.32 Å². The number of rotatable bonds is 3. The van der Waals surface area contributed by atoms with E-state index in [1.807, 2.05) is 30.5 Å². The van der Waals surface area contributed by atoms with Gasteiger partial charge in [-0.1, -0.05) is 24.3 Å². The smallest absolute Gasteiger partial charge is 0.207 e. The predicted octanol–water partition coefficient (Wildman–Crippen LogP) is 1.48. The van der Waals surface area contributed by atoms with Crippen LogP contribution in [0.4, 0.5) is 0 Å². The summed E-state index contributed by atoms with van der Waals surface area (Å²) in [5.41, 5.74) is 1.04. The molecule has 0 atom stereocenters. The Morgan fingerprint density at radius 3 is 3.00 bits per heavy atom. The lowest BCUT2D eigenvalue weighted by Gasteiger charge is -2.04. The topological polar surface area (TPSA) is 42.0 Å². The molecule has 3 nitrogen and oxygen atoms in total. The molecular weight excluding hydrogens is 176 g/mol. The zero-order valence-corrected chi connectivity index (χ0v) is 7.60. The summed E-state index contributed by atoms with van der Waals surface area (Å²) in [4.78, 5) is 14.3. The van der Waals surface area contributed by atoms with Crippen LogP contribution in [0.5, 0.6) is 0 Å². The van der Waals surface area contributed by atoms with Gasteiger partial charge in [-0.25, -0.2) is 0 Å². The van der Waals surface area contributed by atoms with Crippen molar-refractivity contribution in [3.8, 4) is 0 Å². The molecule has 2 rings (SSSR count). The maximum Gasteiger partial charge on any atom is 0.207 e. The molecule has 0 saturated heterocycles. The van der Waals surface area contributed by atoms with Gasteiger partial charge in [-0.05, 0) is 10.9 Å². The number of fused-ring (bicyclic) bond motifs is 1. The highest BCUT2D eigenvalue weighted by Crippen LogP contribution is 2.16. The number of amides is 1. The van der Waals surface area contributed by atoms with Gasteiger partial charge in [0.1, 0.15) is 0 Å². The van der Waals surface area contributed by atoms with E-state index in [1.54, 1.807) is 6.20 Å². The van der Waals surface area contributed by atoms with Crippen LogP contribution in [0.15, 0.2) is 36.7 Å². The zero-order valence-electron chi connectivity index (χ0n) is 7.60. The Morgan fingerprint density at radius 1 is 1.29 bits per heavy atom. The molecule has 0 spiro atoms. The Hall–Kier alpha value is -1.90. The molecule has 0 bridgehead atoms. The average molecular weight is 186 g/mol. The molecule has 1 aromatic heterocycles. The Bertz CT molecular complexity index is 448. The third-order valence-electron chi connectivity index (χ3n) is 2.13. The number of nitrogens with one attached hydrogen (secondary N) is 1. The van der Waals surface area contributed by atoms with Crippen molar-refractivity contribution in [1.29, 1.82) is 0 Å². The minimum absolute atomic E-state index is 0.526. The number of benzene rings is 1. The average Bonchev–Trinajstić information content (AvgIpc) is 2.26. The van der Waals surface area contributed by atoms with Crippen molar-refractivity contribution in [2.24, 2.45) is 0 Å². The standard InChI is InChI=1S/C11H10N2O/c14-8-13-7-10-6-12-5-9-3-1-2-4-11(9)10/h1-6,8H,7H2,(H,13,14). The molecule has 1 N–H and O–H groups in total. The van der Waals surface area contributed by atoms with E-state index in [0.717, 1.165) is 16.3 Å². The normalized spacial score (nSPS) is 10.0. The van der Waals surface area contributed by atoms with Gasteiger partial charge in [0, 0.05) is 24.3 Å². The molecule has 1 heterocycles. The lowest BCUT2D eigenvalue weighted by molar-refractivity contribution is -0.109. The molecule has 0 aliphatic rings. The first kappa shape index (κ1) is 8.69. The molecule has 0 fully saturated rings. The van der Waals surface area contributed by atoms with Crippen molar-refractivity contribution in [2.45, 2.75) is 6.54 Å². The van der Waals surface area contributed by atoms with E-state index in [-0.39, 0.29) is 0 Å². The van der Waals surface area contributed by atoms with Crippen LogP contribution in [0.2, 0.25) is 0 Å². The van der Waals surface area contributed by atoms with Gasteiger partial charge < -0.3 is 5.32 Å². The summed E-state index contributed by atoms with van der Waals surface area (Å²) in [5, 5.41) is 4.87. The third kappa shape index (κ3) is 1.57.